The highest BCUT2D eigenvalue weighted by molar-refractivity contribution is 6.00. The average molecular weight is 355 g/mol. The second-order valence-electron chi connectivity index (χ2n) is 5.45. The fourth-order valence-electron chi connectivity index (χ4n) is 2.36. The molecular weight excluding hydrogens is 341 g/mol. The molecule has 0 fully saturated rings. The van der Waals surface area contributed by atoms with Crippen molar-refractivity contribution >= 4 is 17.6 Å². The third kappa shape index (κ3) is 4.10. The predicted octanol–water partition coefficient (Wildman–Crippen LogP) is 2.68. The average Bonchev–Trinajstić information content (AvgIpc) is 3.04. The van der Waals surface area contributed by atoms with Crippen molar-refractivity contribution in [2.24, 2.45) is 0 Å². The van der Waals surface area contributed by atoms with Gasteiger partial charge in [-0.05, 0) is 23.8 Å². The molecule has 7 nitrogen and oxygen atoms in total. The fourth-order valence-corrected chi connectivity index (χ4v) is 2.36. The van der Waals surface area contributed by atoms with Crippen LogP contribution in [0.25, 0.3) is 0 Å². The summed E-state index contributed by atoms with van der Waals surface area (Å²) in [6.07, 6.45) is -0.0855. The molecule has 3 aromatic rings. The van der Waals surface area contributed by atoms with Crippen molar-refractivity contribution in [1.29, 1.82) is 0 Å². The number of halogens is 1. The zero-order valence-corrected chi connectivity index (χ0v) is 13.5. The smallest absolute Gasteiger partial charge is 0.337 e. The lowest BCUT2D eigenvalue weighted by Gasteiger charge is -2.06. The van der Waals surface area contributed by atoms with E-state index in [0.29, 0.717) is 5.56 Å². The van der Waals surface area contributed by atoms with E-state index in [9.17, 15) is 14.0 Å². The maximum atomic E-state index is 13.6. The number of aromatic carboxylic acids is 1. The topological polar surface area (TPSA) is 105 Å². The van der Waals surface area contributed by atoms with E-state index in [2.05, 4.69) is 15.5 Å². The van der Waals surface area contributed by atoms with Crippen LogP contribution < -0.4 is 5.32 Å². The fraction of sp³-hybridized carbons (Fsp3) is 0.111. The van der Waals surface area contributed by atoms with Crippen molar-refractivity contribution in [2.75, 3.05) is 5.32 Å². The Balaban J connectivity index is 1.65. The van der Waals surface area contributed by atoms with Crippen molar-refractivity contribution in [3.05, 3.63) is 77.2 Å². The summed E-state index contributed by atoms with van der Waals surface area (Å²) in [5.41, 5.74) is 0.566. The van der Waals surface area contributed by atoms with E-state index in [1.807, 2.05) is 0 Å². The van der Waals surface area contributed by atoms with E-state index in [0.717, 1.165) is 0 Å². The molecule has 0 aliphatic heterocycles. The number of hydrogen-bond acceptors (Lipinski definition) is 5. The molecule has 26 heavy (non-hydrogen) atoms. The summed E-state index contributed by atoms with van der Waals surface area (Å²) >= 11 is 0. The molecule has 0 saturated heterocycles. The maximum Gasteiger partial charge on any atom is 0.337 e. The molecule has 2 N–H and O–H groups in total. The van der Waals surface area contributed by atoms with Gasteiger partial charge in [0, 0.05) is 0 Å². The first-order valence-electron chi connectivity index (χ1n) is 7.70. The lowest BCUT2D eigenvalue weighted by molar-refractivity contribution is -0.115. The molecule has 0 atom stereocenters. The molecule has 0 saturated carbocycles. The Hall–Kier alpha value is -3.55. The Labute approximate surface area is 147 Å². The number of benzene rings is 2. The van der Waals surface area contributed by atoms with Gasteiger partial charge in [-0.15, -0.1) is 0 Å². The number of amides is 1. The van der Waals surface area contributed by atoms with Crippen LogP contribution in [0.2, 0.25) is 0 Å². The molecule has 1 aromatic heterocycles. The number of carbonyl (C=O) groups excluding carboxylic acids is 1. The summed E-state index contributed by atoms with van der Waals surface area (Å²) < 4.78 is 18.7. The minimum atomic E-state index is -1.15. The lowest BCUT2D eigenvalue weighted by Crippen LogP contribution is -2.17. The van der Waals surface area contributed by atoms with Crippen LogP contribution in [0.1, 0.15) is 27.6 Å². The molecule has 0 bridgehead atoms. The van der Waals surface area contributed by atoms with E-state index in [4.69, 9.17) is 9.63 Å². The van der Waals surface area contributed by atoms with Crippen LogP contribution in [0, 0.1) is 5.82 Å². The number of hydrogen-bond donors (Lipinski definition) is 2. The molecule has 132 valence electrons. The summed E-state index contributed by atoms with van der Waals surface area (Å²) in [6.45, 7) is 0. The van der Waals surface area contributed by atoms with Crippen molar-refractivity contribution < 1.29 is 23.6 Å². The number of aromatic nitrogens is 2. The number of nitrogens with zero attached hydrogens (tertiary/aromatic N) is 2. The van der Waals surface area contributed by atoms with Gasteiger partial charge >= 0.3 is 5.97 Å². The number of rotatable bonds is 6. The Morgan fingerprint density at radius 3 is 2.62 bits per heavy atom. The molecule has 0 spiro atoms. The van der Waals surface area contributed by atoms with Crippen LogP contribution in [-0.2, 0) is 17.6 Å². The highest BCUT2D eigenvalue weighted by atomic mass is 19.1. The molecule has 0 aliphatic rings. The van der Waals surface area contributed by atoms with Crippen LogP contribution in [0.4, 0.5) is 10.1 Å². The lowest BCUT2D eigenvalue weighted by atomic mass is 10.1. The highest BCUT2D eigenvalue weighted by Crippen LogP contribution is 2.16. The van der Waals surface area contributed by atoms with E-state index in [1.54, 1.807) is 30.3 Å². The Kier molecular flexibility index (Phi) is 5.02. The quantitative estimate of drug-likeness (QED) is 0.704. The van der Waals surface area contributed by atoms with E-state index in [-0.39, 0.29) is 41.6 Å². The normalized spacial score (nSPS) is 10.5. The van der Waals surface area contributed by atoms with Gasteiger partial charge in [0.2, 0.25) is 11.8 Å². The van der Waals surface area contributed by atoms with Crippen LogP contribution in [-0.4, -0.2) is 27.1 Å². The number of nitrogens with one attached hydrogen (secondary N) is 1. The van der Waals surface area contributed by atoms with Gasteiger partial charge < -0.3 is 14.9 Å². The third-order valence-electron chi connectivity index (χ3n) is 3.56. The van der Waals surface area contributed by atoms with Crippen LogP contribution in [0.3, 0.4) is 0 Å². The monoisotopic (exact) mass is 355 g/mol. The second-order valence-corrected chi connectivity index (χ2v) is 5.45. The molecule has 0 aliphatic carbocycles. The molecular formula is C18H14FN3O4. The Morgan fingerprint density at radius 2 is 1.85 bits per heavy atom. The Bertz CT molecular complexity index is 955. The molecule has 1 heterocycles. The van der Waals surface area contributed by atoms with E-state index < -0.39 is 11.9 Å². The molecule has 3 rings (SSSR count). The first-order valence-corrected chi connectivity index (χ1v) is 7.70. The molecule has 0 radical (unpaired) electrons. The highest BCUT2D eigenvalue weighted by Gasteiger charge is 2.15. The number of carboxylic acid groups (broad SMARTS) is 1. The number of carbonyl (C=O) groups is 2. The first kappa shape index (κ1) is 17.3. The summed E-state index contributed by atoms with van der Waals surface area (Å²) in [7, 11) is 0. The van der Waals surface area contributed by atoms with Gasteiger partial charge in [0.05, 0.1) is 24.1 Å². The van der Waals surface area contributed by atoms with Gasteiger partial charge in [-0.1, -0.05) is 35.5 Å². The van der Waals surface area contributed by atoms with E-state index >= 15 is 0 Å². The molecule has 2 aromatic carbocycles. The van der Waals surface area contributed by atoms with Gasteiger partial charge in [0.15, 0.2) is 5.82 Å². The number of anilines is 1. The zero-order valence-electron chi connectivity index (χ0n) is 13.5. The van der Waals surface area contributed by atoms with Crippen LogP contribution in [0.15, 0.2) is 53.1 Å². The van der Waals surface area contributed by atoms with Gasteiger partial charge in [-0.25, -0.2) is 9.18 Å². The molecule has 0 unspecified atom stereocenters. The van der Waals surface area contributed by atoms with Gasteiger partial charge in [0.25, 0.3) is 0 Å². The Morgan fingerprint density at radius 1 is 1.12 bits per heavy atom. The van der Waals surface area contributed by atoms with Gasteiger partial charge in [0.1, 0.15) is 5.82 Å². The van der Waals surface area contributed by atoms with Gasteiger partial charge in [-0.2, -0.15) is 4.98 Å². The maximum absolute atomic E-state index is 13.6. The van der Waals surface area contributed by atoms with Crippen molar-refractivity contribution in [1.82, 2.24) is 10.1 Å². The van der Waals surface area contributed by atoms with Crippen LogP contribution in [0.5, 0.6) is 0 Å². The number of para-hydroxylation sites is 1. The zero-order chi connectivity index (χ0) is 18.5. The van der Waals surface area contributed by atoms with Gasteiger partial charge in [-0.3, -0.25) is 4.79 Å². The van der Waals surface area contributed by atoms with Crippen molar-refractivity contribution in [3.63, 3.8) is 0 Å². The largest absolute Gasteiger partial charge is 0.478 e. The summed E-state index contributed by atoms with van der Waals surface area (Å²) in [4.78, 5) is 27.3. The second kappa shape index (κ2) is 7.56. The van der Waals surface area contributed by atoms with Crippen LogP contribution >= 0.6 is 0 Å². The third-order valence-corrected chi connectivity index (χ3v) is 3.56. The predicted molar refractivity (Wildman–Crippen MR) is 89.2 cm³/mol. The summed E-state index contributed by atoms with van der Waals surface area (Å²) in [5.74, 6) is -1.70. The standard InChI is InChI=1S/C18H14FN3O4/c19-13-7-3-1-5-11(13)9-17-21-15(22-26-17)10-16(23)20-14-8-4-2-6-12(14)18(24)25/h1-8H,9-10H2,(H,20,23)(H,24,25). The minimum absolute atomic E-state index is 0.0193. The summed E-state index contributed by atoms with van der Waals surface area (Å²) in [6, 6.07) is 12.3. The minimum Gasteiger partial charge on any atom is -0.478 e. The molecule has 1 amide bonds. The first-order chi connectivity index (χ1) is 12.5. The van der Waals surface area contributed by atoms with Crippen molar-refractivity contribution in [2.45, 2.75) is 12.8 Å². The summed E-state index contributed by atoms with van der Waals surface area (Å²) in [5, 5.41) is 15.3. The SMILES string of the molecule is O=C(Cc1noc(Cc2ccccc2F)n1)Nc1ccccc1C(=O)O. The molecule has 8 heteroatoms. The van der Waals surface area contributed by atoms with E-state index in [1.165, 1.54) is 18.2 Å². The van der Waals surface area contributed by atoms with Crippen molar-refractivity contribution in [3.8, 4) is 0 Å². The number of carboxylic acids is 1.